The molecule has 2 fully saturated rings. The highest BCUT2D eigenvalue weighted by atomic mass is 32.2. The molecule has 2 aliphatic rings. The summed E-state index contributed by atoms with van der Waals surface area (Å²) >= 11 is 0. The molecule has 35 heavy (non-hydrogen) atoms. The Balaban J connectivity index is 1.40. The number of benzene rings is 2. The first-order valence-electron chi connectivity index (χ1n) is 12.2. The first-order chi connectivity index (χ1) is 16.7. The van der Waals surface area contributed by atoms with Gasteiger partial charge in [0.25, 0.3) is 0 Å². The van der Waals surface area contributed by atoms with Crippen LogP contribution in [0.5, 0.6) is 5.75 Å². The van der Waals surface area contributed by atoms with Crippen molar-refractivity contribution in [3.05, 3.63) is 54.6 Å². The number of nitrogens with one attached hydrogen (secondary N) is 1. The van der Waals surface area contributed by atoms with E-state index in [2.05, 4.69) is 9.62 Å². The third kappa shape index (κ3) is 6.24. The van der Waals surface area contributed by atoms with Crippen molar-refractivity contribution in [2.24, 2.45) is 0 Å². The van der Waals surface area contributed by atoms with E-state index in [4.69, 9.17) is 4.74 Å². The molecule has 10 heteroatoms. The number of rotatable bonds is 8. The quantitative estimate of drug-likeness (QED) is 0.574. The molecular formula is C25H35N3O5S2. The van der Waals surface area contributed by atoms with Gasteiger partial charge in [-0.15, -0.1) is 0 Å². The van der Waals surface area contributed by atoms with Gasteiger partial charge in [0.1, 0.15) is 11.9 Å². The number of sulfonamides is 2. The standard InChI is InChI=1S/C25H35N3O5S2/c1-27(2)35(31,32)23-14-12-22(13-15-23)34(29,30)26-24-10-6-7-11-25(24)28-18-16-21(17-19-28)33-20-8-4-3-5-9-20/h3-5,8-9,12-15,21,24-26H,6-7,10-11,16-19H2,1-2H3. The summed E-state index contributed by atoms with van der Waals surface area (Å²) in [5.74, 6) is 0.888. The van der Waals surface area contributed by atoms with E-state index in [0.717, 1.165) is 61.7 Å². The van der Waals surface area contributed by atoms with Crippen molar-refractivity contribution in [1.29, 1.82) is 0 Å². The molecule has 0 bridgehead atoms. The molecule has 1 aliphatic heterocycles. The van der Waals surface area contributed by atoms with Crippen molar-refractivity contribution < 1.29 is 21.6 Å². The molecule has 2 unspecified atom stereocenters. The summed E-state index contributed by atoms with van der Waals surface area (Å²) in [6, 6.07) is 15.2. The van der Waals surface area contributed by atoms with Crippen LogP contribution < -0.4 is 9.46 Å². The number of para-hydroxylation sites is 1. The molecule has 192 valence electrons. The highest BCUT2D eigenvalue weighted by Crippen LogP contribution is 2.28. The Hall–Kier alpha value is -1.98. The maximum Gasteiger partial charge on any atom is 0.242 e. The normalized spacial score (nSPS) is 22.8. The van der Waals surface area contributed by atoms with E-state index in [1.807, 2.05) is 30.3 Å². The monoisotopic (exact) mass is 521 g/mol. The van der Waals surface area contributed by atoms with Crippen LogP contribution in [0.3, 0.4) is 0 Å². The van der Waals surface area contributed by atoms with Crippen molar-refractivity contribution in [3.8, 4) is 5.75 Å². The minimum Gasteiger partial charge on any atom is -0.490 e. The van der Waals surface area contributed by atoms with Crippen molar-refractivity contribution >= 4 is 20.0 Å². The molecule has 2 aromatic carbocycles. The summed E-state index contributed by atoms with van der Waals surface area (Å²) in [7, 11) is -4.50. The summed E-state index contributed by atoms with van der Waals surface area (Å²) in [5, 5.41) is 0. The molecular weight excluding hydrogens is 486 g/mol. The van der Waals surface area contributed by atoms with Gasteiger partial charge in [-0.2, -0.15) is 0 Å². The molecule has 8 nitrogen and oxygen atoms in total. The molecule has 1 N–H and O–H groups in total. The fourth-order valence-corrected chi connectivity index (χ4v) is 7.18. The van der Waals surface area contributed by atoms with E-state index < -0.39 is 20.0 Å². The average molecular weight is 522 g/mol. The zero-order valence-electron chi connectivity index (χ0n) is 20.3. The van der Waals surface area contributed by atoms with Crippen LogP contribution in [0, 0.1) is 0 Å². The minimum absolute atomic E-state index is 0.0672. The van der Waals surface area contributed by atoms with Gasteiger partial charge in [-0.1, -0.05) is 31.0 Å². The molecule has 1 saturated carbocycles. The van der Waals surface area contributed by atoms with Crippen LogP contribution >= 0.6 is 0 Å². The lowest BCUT2D eigenvalue weighted by Crippen LogP contribution is -2.55. The van der Waals surface area contributed by atoms with E-state index in [1.54, 1.807) is 0 Å². The second-order valence-corrected chi connectivity index (χ2v) is 13.4. The lowest BCUT2D eigenvalue weighted by Gasteiger charge is -2.43. The fraction of sp³-hybridized carbons (Fsp3) is 0.520. The molecule has 1 heterocycles. The predicted molar refractivity (Wildman–Crippen MR) is 135 cm³/mol. The molecule has 0 aromatic heterocycles. The fourth-order valence-electron chi connectivity index (χ4n) is 4.97. The number of nitrogens with zero attached hydrogens (tertiary/aromatic N) is 2. The zero-order chi connectivity index (χ0) is 25.1. The lowest BCUT2D eigenvalue weighted by molar-refractivity contribution is 0.0532. The van der Waals surface area contributed by atoms with Crippen LogP contribution in [-0.4, -0.2) is 71.4 Å². The number of ether oxygens (including phenoxy) is 1. The van der Waals surface area contributed by atoms with E-state index in [0.29, 0.717) is 0 Å². The second kappa shape index (κ2) is 11.0. The second-order valence-electron chi connectivity index (χ2n) is 9.50. The summed E-state index contributed by atoms with van der Waals surface area (Å²) in [5.41, 5.74) is 0. The minimum atomic E-state index is -3.78. The predicted octanol–water partition coefficient (Wildman–Crippen LogP) is 3.07. The smallest absolute Gasteiger partial charge is 0.242 e. The molecule has 0 spiro atoms. The van der Waals surface area contributed by atoms with Crippen molar-refractivity contribution in [2.75, 3.05) is 27.2 Å². The molecule has 0 radical (unpaired) electrons. The molecule has 4 rings (SSSR count). The Morgan fingerprint density at radius 2 is 1.43 bits per heavy atom. The Bertz CT molecular complexity index is 1180. The molecule has 1 aliphatic carbocycles. The first kappa shape index (κ1) is 26.1. The largest absolute Gasteiger partial charge is 0.490 e. The van der Waals surface area contributed by atoms with E-state index in [1.165, 1.54) is 38.4 Å². The van der Waals surface area contributed by atoms with E-state index in [9.17, 15) is 16.8 Å². The Labute approximate surface area is 209 Å². The van der Waals surface area contributed by atoms with E-state index in [-0.39, 0.29) is 28.0 Å². The van der Waals surface area contributed by atoms with Crippen LogP contribution in [0.25, 0.3) is 0 Å². The maximum atomic E-state index is 13.2. The Morgan fingerprint density at radius 3 is 2.06 bits per heavy atom. The van der Waals surface area contributed by atoms with Crippen molar-refractivity contribution in [1.82, 2.24) is 13.9 Å². The van der Waals surface area contributed by atoms with Gasteiger partial charge in [-0.05, 0) is 62.1 Å². The summed E-state index contributed by atoms with van der Waals surface area (Å²) in [6.45, 7) is 1.75. The maximum absolute atomic E-state index is 13.2. The summed E-state index contributed by atoms with van der Waals surface area (Å²) in [6.07, 6.45) is 5.80. The van der Waals surface area contributed by atoms with Gasteiger partial charge in [0.2, 0.25) is 20.0 Å². The van der Waals surface area contributed by atoms with Crippen molar-refractivity contribution in [2.45, 2.75) is 66.5 Å². The third-order valence-electron chi connectivity index (χ3n) is 6.94. The van der Waals surface area contributed by atoms with Gasteiger partial charge in [-0.3, -0.25) is 4.90 Å². The lowest BCUT2D eigenvalue weighted by atomic mass is 9.88. The van der Waals surface area contributed by atoms with E-state index >= 15 is 0 Å². The van der Waals surface area contributed by atoms with Gasteiger partial charge in [-0.25, -0.2) is 25.9 Å². The number of piperidine rings is 1. The Kier molecular flexibility index (Phi) is 8.17. The van der Waals surface area contributed by atoms with Crippen LogP contribution in [0.1, 0.15) is 38.5 Å². The summed E-state index contributed by atoms with van der Waals surface area (Å²) < 4.78 is 61.1. The summed E-state index contributed by atoms with van der Waals surface area (Å²) in [4.78, 5) is 2.55. The van der Waals surface area contributed by atoms with Gasteiger partial charge >= 0.3 is 0 Å². The van der Waals surface area contributed by atoms with Crippen LogP contribution in [-0.2, 0) is 20.0 Å². The Morgan fingerprint density at radius 1 is 0.829 bits per heavy atom. The highest BCUT2D eigenvalue weighted by Gasteiger charge is 2.35. The molecule has 0 amide bonds. The third-order valence-corrected chi connectivity index (χ3v) is 10.3. The number of likely N-dealkylation sites (tertiary alicyclic amines) is 1. The van der Waals surface area contributed by atoms with Gasteiger partial charge in [0.05, 0.1) is 9.79 Å². The zero-order valence-corrected chi connectivity index (χ0v) is 22.0. The molecule has 1 saturated heterocycles. The highest BCUT2D eigenvalue weighted by molar-refractivity contribution is 7.89. The SMILES string of the molecule is CN(C)S(=O)(=O)c1ccc(S(=O)(=O)NC2CCCCC2N2CCC(Oc3ccccc3)CC2)cc1. The molecule has 2 aromatic rings. The average Bonchev–Trinajstić information content (AvgIpc) is 2.85. The van der Waals surface area contributed by atoms with Crippen molar-refractivity contribution in [3.63, 3.8) is 0 Å². The van der Waals surface area contributed by atoms with Gasteiger partial charge in [0, 0.05) is 39.3 Å². The molecule has 2 atom stereocenters. The number of hydrogen-bond donors (Lipinski definition) is 1. The van der Waals surface area contributed by atoms with Crippen LogP contribution in [0.2, 0.25) is 0 Å². The van der Waals surface area contributed by atoms with Crippen LogP contribution in [0.4, 0.5) is 0 Å². The van der Waals surface area contributed by atoms with Crippen LogP contribution in [0.15, 0.2) is 64.4 Å². The van der Waals surface area contributed by atoms with Gasteiger partial charge < -0.3 is 4.74 Å². The van der Waals surface area contributed by atoms with Gasteiger partial charge in [0.15, 0.2) is 0 Å². The first-order valence-corrected chi connectivity index (χ1v) is 15.1. The number of hydrogen-bond acceptors (Lipinski definition) is 6. The topological polar surface area (TPSA) is 96.0 Å².